The molecule has 0 aromatic heterocycles. The van der Waals surface area contributed by atoms with Gasteiger partial charge in [-0.25, -0.2) is 4.79 Å². The van der Waals surface area contributed by atoms with E-state index in [1.54, 1.807) is 14.2 Å². The predicted molar refractivity (Wildman–Crippen MR) is 102 cm³/mol. The van der Waals surface area contributed by atoms with Gasteiger partial charge in [-0.3, -0.25) is 9.69 Å². The van der Waals surface area contributed by atoms with Crippen LogP contribution >= 0.6 is 0 Å². The second kappa shape index (κ2) is 8.97. The molecular formula is C20H30N2O5. The van der Waals surface area contributed by atoms with Crippen LogP contribution in [-0.2, 0) is 16.0 Å². The molecule has 1 aromatic rings. The first-order valence-electron chi connectivity index (χ1n) is 9.23. The lowest BCUT2D eigenvalue weighted by atomic mass is 10.1. The van der Waals surface area contributed by atoms with Crippen molar-refractivity contribution in [1.29, 1.82) is 0 Å². The third-order valence-corrected chi connectivity index (χ3v) is 4.37. The molecule has 1 N–H and O–H groups in total. The molecule has 1 atom stereocenters. The Morgan fingerprint density at radius 3 is 2.59 bits per heavy atom. The van der Waals surface area contributed by atoms with Crippen LogP contribution < -0.4 is 14.8 Å². The summed E-state index contributed by atoms with van der Waals surface area (Å²) in [6.45, 7) is 6.45. The van der Waals surface area contributed by atoms with Crippen LogP contribution in [0.1, 0.15) is 39.2 Å². The molecule has 7 nitrogen and oxygen atoms in total. The van der Waals surface area contributed by atoms with Crippen molar-refractivity contribution in [2.24, 2.45) is 0 Å². The van der Waals surface area contributed by atoms with E-state index >= 15 is 0 Å². The largest absolute Gasteiger partial charge is 0.497 e. The summed E-state index contributed by atoms with van der Waals surface area (Å²) >= 11 is 0. The van der Waals surface area contributed by atoms with E-state index in [4.69, 9.17) is 14.2 Å². The molecule has 1 saturated heterocycles. The van der Waals surface area contributed by atoms with Crippen molar-refractivity contribution in [3.05, 3.63) is 23.8 Å². The summed E-state index contributed by atoms with van der Waals surface area (Å²) in [5.41, 5.74) is 0.403. The van der Waals surface area contributed by atoms with Crippen molar-refractivity contribution < 1.29 is 23.8 Å². The van der Waals surface area contributed by atoms with Crippen LogP contribution in [0.2, 0.25) is 0 Å². The molecule has 1 aliphatic heterocycles. The number of hydrogen-bond donors (Lipinski definition) is 1. The van der Waals surface area contributed by atoms with Crippen LogP contribution in [0, 0.1) is 0 Å². The zero-order valence-electron chi connectivity index (χ0n) is 16.8. The summed E-state index contributed by atoms with van der Waals surface area (Å²) < 4.78 is 16.0. The molecule has 0 bridgehead atoms. The molecule has 7 heteroatoms. The summed E-state index contributed by atoms with van der Waals surface area (Å²) in [4.78, 5) is 26.4. The lowest BCUT2D eigenvalue weighted by Crippen LogP contribution is -2.47. The first kappa shape index (κ1) is 20.9. The summed E-state index contributed by atoms with van der Waals surface area (Å²) in [5.74, 6) is 1.30. The van der Waals surface area contributed by atoms with Gasteiger partial charge in [-0.15, -0.1) is 0 Å². The van der Waals surface area contributed by atoms with Crippen molar-refractivity contribution in [3.8, 4) is 11.5 Å². The molecular weight excluding hydrogens is 348 g/mol. The van der Waals surface area contributed by atoms with E-state index in [9.17, 15) is 9.59 Å². The second-order valence-electron chi connectivity index (χ2n) is 7.55. The Morgan fingerprint density at radius 1 is 1.22 bits per heavy atom. The topological polar surface area (TPSA) is 77.1 Å². The summed E-state index contributed by atoms with van der Waals surface area (Å²) in [6, 6.07) is 5.13. The zero-order chi connectivity index (χ0) is 20.0. The monoisotopic (exact) mass is 378 g/mol. The Labute approximate surface area is 161 Å². The molecule has 1 unspecified atom stereocenters. The molecule has 0 spiro atoms. The molecule has 0 saturated carbocycles. The molecule has 1 aliphatic rings. The number of methoxy groups -OCH3 is 2. The average molecular weight is 378 g/mol. The second-order valence-corrected chi connectivity index (χ2v) is 7.55. The van der Waals surface area contributed by atoms with E-state index in [2.05, 4.69) is 5.32 Å². The Balaban J connectivity index is 1.90. The Bertz CT molecular complexity index is 669. The van der Waals surface area contributed by atoms with Crippen molar-refractivity contribution in [1.82, 2.24) is 10.2 Å². The Kier molecular flexibility index (Phi) is 6.93. The van der Waals surface area contributed by atoms with Crippen molar-refractivity contribution >= 4 is 12.0 Å². The highest BCUT2D eigenvalue weighted by Gasteiger charge is 2.36. The summed E-state index contributed by atoms with van der Waals surface area (Å²) in [6.07, 6.45) is 1.63. The number of carbonyl (C=O) groups excluding carboxylic acids is 2. The van der Waals surface area contributed by atoms with Crippen LogP contribution in [0.4, 0.5) is 4.79 Å². The van der Waals surface area contributed by atoms with Crippen LogP contribution in [-0.4, -0.2) is 55.9 Å². The van der Waals surface area contributed by atoms with E-state index in [0.29, 0.717) is 25.9 Å². The van der Waals surface area contributed by atoms with Crippen molar-refractivity contribution in [2.45, 2.75) is 51.7 Å². The van der Waals surface area contributed by atoms with E-state index in [0.717, 1.165) is 23.5 Å². The van der Waals surface area contributed by atoms with E-state index in [-0.39, 0.29) is 5.91 Å². The van der Waals surface area contributed by atoms with Gasteiger partial charge in [-0.05, 0) is 51.7 Å². The molecule has 150 valence electrons. The molecule has 27 heavy (non-hydrogen) atoms. The van der Waals surface area contributed by atoms with Gasteiger partial charge in [0.15, 0.2) is 0 Å². The van der Waals surface area contributed by atoms with Gasteiger partial charge >= 0.3 is 6.09 Å². The number of carbonyl (C=O) groups is 2. The van der Waals surface area contributed by atoms with Crippen molar-refractivity contribution in [2.75, 3.05) is 27.3 Å². The maximum absolute atomic E-state index is 12.6. The SMILES string of the molecule is COc1ccc(CCNC(=O)C2CCCN2C(=O)OC(C)(C)C)c(OC)c1. The van der Waals surface area contributed by atoms with Gasteiger partial charge < -0.3 is 19.5 Å². The van der Waals surface area contributed by atoms with Crippen LogP contribution in [0.25, 0.3) is 0 Å². The number of benzene rings is 1. The van der Waals surface area contributed by atoms with E-state index in [1.165, 1.54) is 4.90 Å². The molecule has 2 amide bonds. The van der Waals surface area contributed by atoms with Crippen LogP contribution in [0.3, 0.4) is 0 Å². The summed E-state index contributed by atoms with van der Waals surface area (Å²) in [7, 11) is 3.21. The first-order chi connectivity index (χ1) is 12.7. The number of nitrogens with zero attached hydrogens (tertiary/aromatic N) is 1. The number of rotatable bonds is 6. The lowest BCUT2D eigenvalue weighted by molar-refractivity contribution is -0.125. The molecule has 1 heterocycles. The smallest absolute Gasteiger partial charge is 0.410 e. The first-order valence-corrected chi connectivity index (χ1v) is 9.23. The highest BCUT2D eigenvalue weighted by Crippen LogP contribution is 2.25. The van der Waals surface area contributed by atoms with Crippen LogP contribution in [0.15, 0.2) is 18.2 Å². The highest BCUT2D eigenvalue weighted by molar-refractivity contribution is 5.86. The van der Waals surface area contributed by atoms with Crippen molar-refractivity contribution in [3.63, 3.8) is 0 Å². The average Bonchev–Trinajstić information content (AvgIpc) is 3.10. The number of nitrogens with one attached hydrogen (secondary N) is 1. The molecule has 1 fully saturated rings. The lowest BCUT2D eigenvalue weighted by Gasteiger charge is -2.28. The number of hydrogen-bond acceptors (Lipinski definition) is 5. The molecule has 0 radical (unpaired) electrons. The quantitative estimate of drug-likeness (QED) is 0.824. The standard InChI is InChI=1S/C20H30N2O5/c1-20(2,3)27-19(24)22-12-6-7-16(22)18(23)21-11-10-14-8-9-15(25-4)13-17(14)26-5/h8-9,13,16H,6-7,10-12H2,1-5H3,(H,21,23). The number of likely N-dealkylation sites (tertiary alicyclic amines) is 1. The van der Waals surface area contributed by atoms with Gasteiger partial charge in [0.1, 0.15) is 23.1 Å². The molecule has 0 aliphatic carbocycles. The maximum Gasteiger partial charge on any atom is 0.410 e. The molecule has 2 rings (SSSR count). The van der Waals surface area contributed by atoms with Gasteiger partial charge in [-0.1, -0.05) is 6.07 Å². The van der Waals surface area contributed by atoms with Gasteiger partial charge in [-0.2, -0.15) is 0 Å². The minimum atomic E-state index is -0.578. The van der Waals surface area contributed by atoms with Gasteiger partial charge in [0.05, 0.1) is 14.2 Å². The minimum absolute atomic E-state index is 0.147. The van der Waals surface area contributed by atoms with E-state index < -0.39 is 17.7 Å². The maximum atomic E-state index is 12.6. The third-order valence-electron chi connectivity index (χ3n) is 4.37. The van der Waals surface area contributed by atoms with Gasteiger partial charge in [0.2, 0.25) is 5.91 Å². The Morgan fingerprint density at radius 2 is 1.96 bits per heavy atom. The van der Waals surface area contributed by atoms with Gasteiger partial charge in [0.25, 0.3) is 0 Å². The van der Waals surface area contributed by atoms with E-state index in [1.807, 2.05) is 39.0 Å². The Hall–Kier alpha value is -2.44. The normalized spacial score (nSPS) is 16.8. The fourth-order valence-corrected chi connectivity index (χ4v) is 3.07. The summed E-state index contributed by atoms with van der Waals surface area (Å²) in [5, 5.41) is 2.93. The fourth-order valence-electron chi connectivity index (χ4n) is 3.07. The van der Waals surface area contributed by atoms with Gasteiger partial charge in [0, 0.05) is 19.2 Å². The zero-order valence-corrected chi connectivity index (χ0v) is 16.8. The predicted octanol–water partition coefficient (Wildman–Crippen LogP) is 2.76. The minimum Gasteiger partial charge on any atom is -0.497 e. The number of amides is 2. The van der Waals surface area contributed by atoms with Crippen LogP contribution in [0.5, 0.6) is 11.5 Å². The number of ether oxygens (including phenoxy) is 3. The fraction of sp³-hybridized carbons (Fsp3) is 0.600. The highest BCUT2D eigenvalue weighted by atomic mass is 16.6. The third kappa shape index (κ3) is 5.77. The molecule has 1 aromatic carbocycles.